The zero-order valence-corrected chi connectivity index (χ0v) is 19.7. The number of nitriles is 3. The first-order valence-electron chi connectivity index (χ1n) is 11.8. The van der Waals surface area contributed by atoms with E-state index in [4.69, 9.17) is 0 Å². The summed E-state index contributed by atoms with van der Waals surface area (Å²) in [4.78, 5) is 0. The minimum Gasteiger partial charge on any atom is -0.309 e. The molecule has 170 valence electrons. The molecule has 0 aliphatic rings. The van der Waals surface area contributed by atoms with Gasteiger partial charge in [0.2, 0.25) is 0 Å². The van der Waals surface area contributed by atoms with E-state index >= 15 is 0 Å². The molecule has 0 fully saturated rings. The van der Waals surface area contributed by atoms with Crippen LogP contribution in [0.5, 0.6) is 0 Å². The maximum Gasteiger partial charge on any atom is 0.100 e. The zero-order valence-electron chi connectivity index (χ0n) is 19.7. The number of benzene rings is 5. The van der Waals surface area contributed by atoms with Crippen molar-refractivity contribution in [3.8, 4) is 46.1 Å². The van der Waals surface area contributed by atoms with Gasteiger partial charge in [-0.15, -0.1) is 0 Å². The van der Waals surface area contributed by atoms with Crippen molar-refractivity contribution in [3.63, 3.8) is 0 Å². The van der Waals surface area contributed by atoms with Gasteiger partial charge >= 0.3 is 0 Å². The van der Waals surface area contributed by atoms with Gasteiger partial charge < -0.3 is 4.57 Å². The molecule has 0 radical (unpaired) electrons. The third-order valence-corrected chi connectivity index (χ3v) is 6.68. The van der Waals surface area contributed by atoms with E-state index in [0.717, 1.165) is 49.7 Å². The highest BCUT2D eigenvalue weighted by atomic mass is 15.0. The van der Waals surface area contributed by atoms with Crippen molar-refractivity contribution < 1.29 is 0 Å². The highest BCUT2D eigenvalue weighted by Crippen LogP contribution is 2.36. The summed E-state index contributed by atoms with van der Waals surface area (Å²) in [7, 11) is 0. The fraction of sp³-hybridized carbons (Fsp3) is 0. The Bertz CT molecular complexity index is 1960. The molecule has 0 spiro atoms. The van der Waals surface area contributed by atoms with Gasteiger partial charge in [0.05, 0.1) is 39.9 Å². The average molecular weight is 471 g/mol. The van der Waals surface area contributed by atoms with Gasteiger partial charge in [-0.1, -0.05) is 66.7 Å². The Hall–Kier alpha value is -5.63. The topological polar surface area (TPSA) is 76.3 Å². The summed E-state index contributed by atoms with van der Waals surface area (Å²) in [6, 6.07) is 42.0. The highest BCUT2D eigenvalue weighted by molar-refractivity contribution is 6.09. The van der Waals surface area contributed by atoms with Crippen LogP contribution in [0.3, 0.4) is 0 Å². The van der Waals surface area contributed by atoms with Crippen LogP contribution in [0, 0.1) is 34.0 Å². The normalized spacial score (nSPS) is 10.6. The van der Waals surface area contributed by atoms with Crippen molar-refractivity contribution >= 4 is 21.8 Å². The van der Waals surface area contributed by atoms with E-state index < -0.39 is 0 Å². The van der Waals surface area contributed by atoms with Gasteiger partial charge in [0, 0.05) is 27.6 Å². The number of nitrogens with zero attached hydrogens (tertiary/aromatic N) is 4. The largest absolute Gasteiger partial charge is 0.309 e. The third-order valence-electron chi connectivity index (χ3n) is 6.68. The first-order chi connectivity index (χ1) is 18.2. The molecule has 5 aromatic carbocycles. The molecular weight excluding hydrogens is 452 g/mol. The molecule has 0 saturated heterocycles. The van der Waals surface area contributed by atoms with E-state index in [9.17, 15) is 15.8 Å². The van der Waals surface area contributed by atoms with Gasteiger partial charge in [-0.05, 0) is 53.6 Å². The van der Waals surface area contributed by atoms with Crippen LogP contribution in [0.15, 0.2) is 109 Å². The van der Waals surface area contributed by atoms with Gasteiger partial charge in [0.1, 0.15) is 6.07 Å². The molecule has 0 amide bonds. The lowest BCUT2D eigenvalue weighted by Crippen LogP contribution is -1.97. The summed E-state index contributed by atoms with van der Waals surface area (Å²) in [6.45, 7) is 0. The van der Waals surface area contributed by atoms with Crippen molar-refractivity contribution in [2.24, 2.45) is 0 Å². The summed E-state index contributed by atoms with van der Waals surface area (Å²) < 4.78 is 2.11. The number of rotatable bonds is 3. The molecule has 0 N–H and O–H groups in total. The Kier molecular flexibility index (Phi) is 5.24. The minimum atomic E-state index is 0.501. The second-order valence-electron chi connectivity index (χ2n) is 8.78. The second kappa shape index (κ2) is 8.86. The molecule has 0 aliphatic carbocycles. The predicted octanol–water partition coefficient (Wildman–Crippen LogP) is 7.73. The van der Waals surface area contributed by atoms with E-state index in [1.54, 1.807) is 0 Å². The molecule has 0 saturated carbocycles. The molecule has 0 bridgehead atoms. The van der Waals surface area contributed by atoms with Crippen molar-refractivity contribution in [2.45, 2.75) is 0 Å². The Morgan fingerprint density at radius 3 is 1.95 bits per heavy atom. The van der Waals surface area contributed by atoms with E-state index in [-0.39, 0.29) is 0 Å². The molecule has 1 heterocycles. The molecule has 4 nitrogen and oxygen atoms in total. The lowest BCUT2D eigenvalue weighted by atomic mass is 9.91. The van der Waals surface area contributed by atoms with Crippen LogP contribution in [-0.4, -0.2) is 4.57 Å². The third kappa shape index (κ3) is 3.60. The maximum atomic E-state index is 10.2. The average Bonchev–Trinajstić information content (AvgIpc) is 3.30. The Morgan fingerprint density at radius 1 is 0.486 bits per heavy atom. The van der Waals surface area contributed by atoms with Crippen molar-refractivity contribution in [1.82, 2.24) is 4.57 Å². The number of hydrogen-bond acceptors (Lipinski definition) is 3. The fourth-order valence-corrected chi connectivity index (χ4v) is 5.05. The Labute approximate surface area is 214 Å². The summed E-state index contributed by atoms with van der Waals surface area (Å²) >= 11 is 0. The molecule has 0 aliphatic heterocycles. The number of aromatic nitrogens is 1. The smallest absolute Gasteiger partial charge is 0.100 e. The van der Waals surface area contributed by atoms with Crippen LogP contribution in [0.1, 0.15) is 16.7 Å². The predicted molar refractivity (Wildman–Crippen MR) is 146 cm³/mol. The molecule has 0 atom stereocenters. The maximum absolute atomic E-state index is 10.2. The SMILES string of the molecule is N#Cc1cc(-c2cccc(-c3ccccc3)c2C#N)cc(-n2c3ccccc3c3cc(C#N)ccc32)c1. The highest BCUT2D eigenvalue weighted by Gasteiger charge is 2.17. The molecular formula is C33H18N4. The zero-order chi connectivity index (χ0) is 25.4. The first kappa shape index (κ1) is 21.9. The Morgan fingerprint density at radius 2 is 1.19 bits per heavy atom. The number of fused-ring (bicyclic) bond motifs is 3. The molecule has 1 aromatic heterocycles. The van der Waals surface area contributed by atoms with E-state index in [1.165, 1.54) is 0 Å². The van der Waals surface area contributed by atoms with Crippen LogP contribution in [0.25, 0.3) is 49.7 Å². The van der Waals surface area contributed by atoms with Crippen molar-refractivity contribution in [3.05, 3.63) is 126 Å². The molecule has 6 aromatic rings. The summed E-state index contributed by atoms with van der Waals surface area (Å²) in [5.41, 5.74) is 7.79. The van der Waals surface area contributed by atoms with E-state index in [1.807, 2.05) is 109 Å². The van der Waals surface area contributed by atoms with Crippen LogP contribution < -0.4 is 0 Å². The van der Waals surface area contributed by atoms with Gasteiger partial charge in [-0.3, -0.25) is 0 Å². The molecule has 0 unspecified atom stereocenters. The lowest BCUT2D eigenvalue weighted by Gasteiger charge is -2.14. The molecule has 6 rings (SSSR count). The molecule has 4 heteroatoms. The molecule has 37 heavy (non-hydrogen) atoms. The number of para-hydroxylation sites is 1. The number of hydrogen-bond donors (Lipinski definition) is 0. The van der Waals surface area contributed by atoms with E-state index in [0.29, 0.717) is 16.7 Å². The second-order valence-corrected chi connectivity index (χ2v) is 8.78. The van der Waals surface area contributed by atoms with Crippen molar-refractivity contribution in [2.75, 3.05) is 0 Å². The Balaban J connectivity index is 1.64. The lowest BCUT2D eigenvalue weighted by molar-refractivity contribution is 1.18. The van der Waals surface area contributed by atoms with Crippen LogP contribution in [0.4, 0.5) is 0 Å². The quantitative estimate of drug-likeness (QED) is 0.265. The van der Waals surface area contributed by atoms with Gasteiger partial charge in [-0.25, -0.2) is 0 Å². The summed E-state index contributed by atoms with van der Waals surface area (Å²) in [5.74, 6) is 0. The van der Waals surface area contributed by atoms with E-state index in [2.05, 4.69) is 22.8 Å². The first-order valence-corrected chi connectivity index (χ1v) is 11.8. The van der Waals surface area contributed by atoms with Crippen LogP contribution >= 0.6 is 0 Å². The summed E-state index contributed by atoms with van der Waals surface area (Å²) in [5, 5.41) is 31.6. The minimum absolute atomic E-state index is 0.501. The van der Waals surface area contributed by atoms with Gasteiger partial charge in [0.25, 0.3) is 0 Å². The van der Waals surface area contributed by atoms with Gasteiger partial charge in [-0.2, -0.15) is 15.8 Å². The standard InChI is InChI=1S/C33H18N4/c34-19-22-13-14-33-30(17-22)29-9-4-5-12-32(29)37(33)26-16-23(20-35)15-25(18-26)28-11-6-10-27(31(28)21-36)24-7-2-1-3-8-24/h1-18H. The van der Waals surface area contributed by atoms with Gasteiger partial charge in [0.15, 0.2) is 0 Å². The monoisotopic (exact) mass is 470 g/mol. The fourth-order valence-electron chi connectivity index (χ4n) is 5.05. The van der Waals surface area contributed by atoms with Crippen molar-refractivity contribution in [1.29, 1.82) is 15.8 Å². The summed E-state index contributed by atoms with van der Waals surface area (Å²) in [6.07, 6.45) is 0. The van der Waals surface area contributed by atoms with Crippen LogP contribution in [0.2, 0.25) is 0 Å². The van der Waals surface area contributed by atoms with Crippen LogP contribution in [-0.2, 0) is 0 Å².